The van der Waals surface area contributed by atoms with E-state index in [1.165, 1.54) is 0 Å². The molecule has 0 spiro atoms. The average Bonchev–Trinajstić information content (AvgIpc) is 2.63. The van der Waals surface area contributed by atoms with Crippen LogP contribution in [0, 0.1) is 0 Å². The SMILES string of the molecule is Cl.Cl.FC[C@@H](c1ccccc1OCc1ccccc1)N1CCNCC1. The number of piperazine rings is 1. The molecule has 138 valence electrons. The number of hydrogen-bond acceptors (Lipinski definition) is 3. The maximum absolute atomic E-state index is 13.8. The molecule has 1 aliphatic rings. The van der Waals surface area contributed by atoms with E-state index in [1.807, 2.05) is 54.6 Å². The van der Waals surface area contributed by atoms with E-state index in [2.05, 4.69) is 10.2 Å². The minimum Gasteiger partial charge on any atom is -0.489 e. The van der Waals surface area contributed by atoms with Crippen LogP contribution in [0.3, 0.4) is 0 Å². The Morgan fingerprint density at radius 3 is 2.28 bits per heavy atom. The van der Waals surface area contributed by atoms with Gasteiger partial charge in [0.05, 0.1) is 6.04 Å². The molecule has 2 aromatic carbocycles. The molecule has 0 aliphatic carbocycles. The van der Waals surface area contributed by atoms with Crippen LogP contribution in [-0.2, 0) is 6.61 Å². The number of para-hydroxylation sites is 1. The van der Waals surface area contributed by atoms with E-state index in [1.54, 1.807) is 0 Å². The molecule has 1 heterocycles. The molecule has 1 atom stereocenters. The second-order valence-corrected chi connectivity index (χ2v) is 5.77. The lowest BCUT2D eigenvalue weighted by atomic mass is 10.0. The number of alkyl halides is 1. The minimum atomic E-state index is -0.397. The Balaban J connectivity index is 0.00000156. The van der Waals surface area contributed by atoms with Gasteiger partial charge in [-0.15, -0.1) is 24.8 Å². The number of rotatable bonds is 6. The van der Waals surface area contributed by atoms with Crippen molar-refractivity contribution >= 4 is 24.8 Å². The van der Waals surface area contributed by atoms with Gasteiger partial charge in [-0.25, -0.2) is 4.39 Å². The van der Waals surface area contributed by atoms with Crippen molar-refractivity contribution in [1.82, 2.24) is 10.2 Å². The van der Waals surface area contributed by atoms with E-state index < -0.39 is 6.67 Å². The van der Waals surface area contributed by atoms with Crippen molar-refractivity contribution in [3.8, 4) is 5.75 Å². The first-order chi connectivity index (χ1) is 11.4. The summed E-state index contributed by atoms with van der Waals surface area (Å²) >= 11 is 0. The Bertz CT molecular complexity index is 609. The average molecular weight is 387 g/mol. The smallest absolute Gasteiger partial charge is 0.124 e. The lowest BCUT2D eigenvalue weighted by molar-refractivity contribution is 0.143. The molecular weight excluding hydrogens is 362 g/mol. The Hall–Kier alpha value is -1.33. The highest BCUT2D eigenvalue weighted by atomic mass is 35.5. The van der Waals surface area contributed by atoms with E-state index in [0.29, 0.717) is 6.61 Å². The molecule has 3 nitrogen and oxygen atoms in total. The summed E-state index contributed by atoms with van der Waals surface area (Å²) in [6.45, 7) is 3.64. The third-order valence-corrected chi connectivity index (χ3v) is 4.25. The lowest BCUT2D eigenvalue weighted by Gasteiger charge is -2.34. The zero-order valence-electron chi connectivity index (χ0n) is 14.1. The summed E-state index contributed by atoms with van der Waals surface area (Å²) < 4.78 is 19.7. The first-order valence-electron chi connectivity index (χ1n) is 8.15. The normalized spacial score (nSPS) is 15.6. The van der Waals surface area contributed by atoms with Crippen LogP contribution < -0.4 is 10.1 Å². The summed E-state index contributed by atoms with van der Waals surface area (Å²) in [5.74, 6) is 0.775. The van der Waals surface area contributed by atoms with Crippen LogP contribution >= 0.6 is 24.8 Å². The first kappa shape index (κ1) is 21.7. The monoisotopic (exact) mass is 386 g/mol. The van der Waals surface area contributed by atoms with Gasteiger partial charge < -0.3 is 10.1 Å². The summed E-state index contributed by atoms with van der Waals surface area (Å²) in [6.07, 6.45) is 0. The van der Waals surface area contributed by atoms with Crippen LogP contribution in [0.1, 0.15) is 17.2 Å². The second kappa shape index (κ2) is 11.3. The molecule has 25 heavy (non-hydrogen) atoms. The van der Waals surface area contributed by atoms with Gasteiger partial charge in [0.15, 0.2) is 0 Å². The van der Waals surface area contributed by atoms with Crippen molar-refractivity contribution in [3.05, 3.63) is 65.7 Å². The molecule has 0 saturated carbocycles. The first-order valence-corrected chi connectivity index (χ1v) is 8.15. The van der Waals surface area contributed by atoms with Gasteiger partial charge in [0, 0.05) is 31.7 Å². The van der Waals surface area contributed by atoms with Crippen molar-refractivity contribution in [1.29, 1.82) is 0 Å². The predicted octanol–water partition coefficient (Wildman–Crippen LogP) is 4.03. The third kappa shape index (κ3) is 5.86. The topological polar surface area (TPSA) is 24.5 Å². The fourth-order valence-electron chi connectivity index (χ4n) is 2.99. The molecule has 3 rings (SSSR count). The summed E-state index contributed by atoms with van der Waals surface area (Å²) in [6, 6.07) is 17.6. The highest BCUT2D eigenvalue weighted by Gasteiger charge is 2.24. The highest BCUT2D eigenvalue weighted by Crippen LogP contribution is 2.30. The van der Waals surface area contributed by atoms with Gasteiger partial charge >= 0.3 is 0 Å². The maximum Gasteiger partial charge on any atom is 0.124 e. The van der Waals surface area contributed by atoms with E-state index in [9.17, 15) is 4.39 Å². The van der Waals surface area contributed by atoms with Crippen molar-refractivity contribution in [2.45, 2.75) is 12.6 Å². The van der Waals surface area contributed by atoms with Gasteiger partial charge in [0.25, 0.3) is 0 Å². The van der Waals surface area contributed by atoms with Crippen LogP contribution in [0.25, 0.3) is 0 Å². The van der Waals surface area contributed by atoms with Gasteiger partial charge in [-0.05, 0) is 11.6 Å². The minimum absolute atomic E-state index is 0. The molecule has 0 aromatic heterocycles. The lowest BCUT2D eigenvalue weighted by Crippen LogP contribution is -2.45. The number of benzene rings is 2. The fraction of sp³-hybridized carbons (Fsp3) is 0.368. The van der Waals surface area contributed by atoms with Crippen LogP contribution in [0.15, 0.2) is 54.6 Å². The molecule has 1 N–H and O–H groups in total. The molecule has 1 aliphatic heterocycles. The van der Waals surface area contributed by atoms with Crippen LogP contribution in [-0.4, -0.2) is 37.8 Å². The third-order valence-electron chi connectivity index (χ3n) is 4.25. The van der Waals surface area contributed by atoms with E-state index in [0.717, 1.165) is 43.1 Å². The number of hydrogen-bond donors (Lipinski definition) is 1. The Kier molecular flexibility index (Phi) is 9.83. The van der Waals surface area contributed by atoms with Crippen LogP contribution in [0.2, 0.25) is 0 Å². The fourth-order valence-corrected chi connectivity index (χ4v) is 2.99. The summed E-state index contributed by atoms with van der Waals surface area (Å²) in [5.41, 5.74) is 2.05. The Morgan fingerprint density at radius 2 is 1.60 bits per heavy atom. The maximum atomic E-state index is 13.8. The molecule has 0 bridgehead atoms. The summed E-state index contributed by atoms with van der Waals surface area (Å²) in [4.78, 5) is 2.20. The van der Waals surface area contributed by atoms with Gasteiger partial charge in [-0.1, -0.05) is 48.5 Å². The van der Waals surface area contributed by atoms with Gasteiger partial charge in [-0.2, -0.15) is 0 Å². The zero-order valence-corrected chi connectivity index (χ0v) is 15.7. The number of nitrogens with one attached hydrogen (secondary N) is 1. The molecule has 1 saturated heterocycles. The second-order valence-electron chi connectivity index (χ2n) is 5.77. The van der Waals surface area contributed by atoms with Crippen molar-refractivity contribution in [2.75, 3.05) is 32.9 Å². The molecule has 6 heteroatoms. The molecule has 0 unspecified atom stereocenters. The quantitative estimate of drug-likeness (QED) is 0.810. The molecule has 2 aromatic rings. The van der Waals surface area contributed by atoms with E-state index >= 15 is 0 Å². The predicted molar refractivity (Wildman–Crippen MR) is 105 cm³/mol. The summed E-state index contributed by atoms with van der Waals surface area (Å²) in [7, 11) is 0. The molecule has 0 amide bonds. The van der Waals surface area contributed by atoms with Gasteiger partial charge in [-0.3, -0.25) is 4.90 Å². The standard InChI is InChI=1S/C19H23FN2O.2ClH/c20-14-18(22-12-10-21-11-13-22)17-8-4-5-9-19(17)23-15-16-6-2-1-3-7-16;;/h1-9,18,21H,10-15H2;2*1H/t18-;;/m0../s1. The van der Waals surface area contributed by atoms with Gasteiger partial charge in [0.2, 0.25) is 0 Å². The molecule has 0 radical (unpaired) electrons. The Morgan fingerprint density at radius 1 is 0.960 bits per heavy atom. The number of ether oxygens (including phenoxy) is 1. The Labute approximate surface area is 161 Å². The van der Waals surface area contributed by atoms with Gasteiger partial charge in [0.1, 0.15) is 19.0 Å². The zero-order chi connectivity index (χ0) is 15.9. The van der Waals surface area contributed by atoms with Crippen LogP contribution in [0.4, 0.5) is 4.39 Å². The largest absolute Gasteiger partial charge is 0.489 e. The van der Waals surface area contributed by atoms with Crippen LogP contribution in [0.5, 0.6) is 5.75 Å². The molecular formula is C19H25Cl2FN2O. The van der Waals surface area contributed by atoms with E-state index in [-0.39, 0.29) is 30.9 Å². The van der Waals surface area contributed by atoms with E-state index in [4.69, 9.17) is 4.74 Å². The summed E-state index contributed by atoms with van der Waals surface area (Å²) in [5, 5.41) is 3.31. The number of halogens is 3. The van der Waals surface area contributed by atoms with Crippen molar-refractivity contribution in [2.24, 2.45) is 0 Å². The highest BCUT2D eigenvalue weighted by molar-refractivity contribution is 5.85. The molecule has 1 fully saturated rings. The van der Waals surface area contributed by atoms with Crippen molar-refractivity contribution in [3.63, 3.8) is 0 Å². The van der Waals surface area contributed by atoms with Crippen molar-refractivity contribution < 1.29 is 9.13 Å². The number of nitrogens with zero attached hydrogens (tertiary/aromatic N) is 1.